The topological polar surface area (TPSA) is 34.1 Å². The molecule has 1 N–H and O–H groups in total. The van der Waals surface area contributed by atoms with E-state index in [4.69, 9.17) is 4.74 Å². The minimum Gasteiger partial charge on any atom is -0.486 e. The van der Waals surface area contributed by atoms with E-state index < -0.39 is 0 Å². The summed E-state index contributed by atoms with van der Waals surface area (Å²) in [6.45, 7) is 4.26. The minimum absolute atomic E-state index is 0.459. The van der Waals surface area contributed by atoms with Crippen molar-refractivity contribution in [3.05, 3.63) is 56.7 Å². The van der Waals surface area contributed by atoms with Crippen LogP contribution in [0.25, 0.3) is 0 Å². The van der Waals surface area contributed by atoms with Crippen molar-refractivity contribution in [2.75, 3.05) is 6.54 Å². The van der Waals surface area contributed by atoms with Crippen molar-refractivity contribution in [2.24, 2.45) is 0 Å². The highest BCUT2D eigenvalue weighted by Crippen LogP contribution is 2.28. The second-order valence-electron chi connectivity index (χ2n) is 4.26. The fraction of sp³-hybridized carbons (Fsp3) is 0.267. The molecule has 0 radical (unpaired) electrons. The maximum absolute atomic E-state index is 5.79. The van der Waals surface area contributed by atoms with Gasteiger partial charge in [-0.1, -0.05) is 28.9 Å². The summed E-state index contributed by atoms with van der Waals surface area (Å²) in [4.78, 5) is 4.56. The van der Waals surface area contributed by atoms with Gasteiger partial charge < -0.3 is 10.1 Å². The molecule has 0 aliphatic carbocycles. The number of nitrogens with one attached hydrogen (secondary N) is 1. The summed E-state index contributed by atoms with van der Waals surface area (Å²) in [5.74, 6) is 0.812. The van der Waals surface area contributed by atoms with Gasteiger partial charge in [-0.15, -0.1) is 0 Å². The number of rotatable bonds is 6. The fourth-order valence-electron chi connectivity index (χ4n) is 1.71. The van der Waals surface area contributed by atoms with Crippen molar-refractivity contribution in [1.82, 2.24) is 10.3 Å². The molecule has 0 fully saturated rings. The van der Waals surface area contributed by atoms with Crippen LogP contribution in [0.3, 0.4) is 0 Å². The van der Waals surface area contributed by atoms with E-state index in [2.05, 4.69) is 49.1 Å². The molecule has 1 aromatic carbocycles. The normalized spacial score (nSPS) is 10.6. The van der Waals surface area contributed by atoms with Crippen molar-refractivity contribution in [3.8, 4) is 5.75 Å². The first-order valence-corrected chi connectivity index (χ1v) is 8.01. The zero-order valence-corrected chi connectivity index (χ0v) is 14.4. The average Bonchev–Trinajstić information content (AvgIpc) is 2.45. The van der Waals surface area contributed by atoms with Crippen LogP contribution in [0.1, 0.15) is 18.3 Å². The second kappa shape index (κ2) is 7.76. The second-order valence-corrected chi connectivity index (χ2v) is 6.03. The van der Waals surface area contributed by atoms with Gasteiger partial charge in [0.25, 0.3) is 0 Å². The van der Waals surface area contributed by atoms with Gasteiger partial charge in [0.05, 0.1) is 15.9 Å². The molecule has 0 aliphatic heterocycles. The summed E-state index contributed by atoms with van der Waals surface area (Å²) in [5.41, 5.74) is 1.96. The molecule has 0 amide bonds. The lowest BCUT2D eigenvalue weighted by molar-refractivity contribution is 0.299. The van der Waals surface area contributed by atoms with Gasteiger partial charge in [0.15, 0.2) is 0 Å². The molecule has 1 heterocycles. The lowest BCUT2D eigenvalue weighted by atomic mass is 10.3. The molecule has 0 aliphatic rings. The highest BCUT2D eigenvalue weighted by Gasteiger charge is 2.03. The summed E-state index contributed by atoms with van der Waals surface area (Å²) in [7, 11) is 0. The van der Waals surface area contributed by atoms with Crippen LogP contribution in [0.5, 0.6) is 5.75 Å². The summed E-state index contributed by atoms with van der Waals surface area (Å²) in [5, 5.41) is 3.26. The Morgan fingerprint density at radius 3 is 2.70 bits per heavy atom. The molecular weight excluding hydrogens is 384 g/mol. The number of ether oxygens (including phenoxy) is 1. The van der Waals surface area contributed by atoms with Gasteiger partial charge >= 0.3 is 0 Å². The number of halogens is 2. The van der Waals surface area contributed by atoms with E-state index >= 15 is 0 Å². The number of pyridine rings is 1. The number of aromatic nitrogens is 1. The quantitative estimate of drug-likeness (QED) is 0.786. The van der Waals surface area contributed by atoms with Gasteiger partial charge in [-0.05, 0) is 52.8 Å². The SMILES string of the molecule is CCNCc1cccc(COc2ccc(Br)cc2Br)n1. The molecule has 0 spiro atoms. The van der Waals surface area contributed by atoms with Gasteiger partial charge in [0.2, 0.25) is 0 Å². The molecular formula is C15H16Br2N2O. The first kappa shape index (κ1) is 15.5. The van der Waals surface area contributed by atoms with Crippen molar-refractivity contribution < 1.29 is 4.74 Å². The molecule has 0 bridgehead atoms. The van der Waals surface area contributed by atoms with Crippen LogP contribution in [-0.2, 0) is 13.2 Å². The number of benzene rings is 1. The molecule has 3 nitrogen and oxygen atoms in total. The Kier molecular flexibility index (Phi) is 6.01. The molecule has 20 heavy (non-hydrogen) atoms. The van der Waals surface area contributed by atoms with Gasteiger partial charge in [0, 0.05) is 11.0 Å². The van der Waals surface area contributed by atoms with Crippen molar-refractivity contribution in [3.63, 3.8) is 0 Å². The first-order valence-electron chi connectivity index (χ1n) is 6.42. The predicted octanol–water partition coefficient (Wildman–Crippen LogP) is 4.30. The first-order chi connectivity index (χ1) is 9.69. The molecule has 0 atom stereocenters. The largest absolute Gasteiger partial charge is 0.486 e. The molecule has 5 heteroatoms. The predicted molar refractivity (Wildman–Crippen MR) is 87.8 cm³/mol. The van der Waals surface area contributed by atoms with Crippen LogP contribution in [0.2, 0.25) is 0 Å². The Bertz CT molecular complexity index is 576. The van der Waals surface area contributed by atoms with E-state index in [1.165, 1.54) is 0 Å². The van der Waals surface area contributed by atoms with Crippen LogP contribution in [-0.4, -0.2) is 11.5 Å². The van der Waals surface area contributed by atoms with E-state index in [0.717, 1.165) is 39.2 Å². The lowest BCUT2D eigenvalue weighted by Gasteiger charge is -2.09. The van der Waals surface area contributed by atoms with E-state index in [9.17, 15) is 0 Å². The fourth-order valence-corrected chi connectivity index (χ4v) is 2.87. The van der Waals surface area contributed by atoms with Gasteiger partial charge in [-0.3, -0.25) is 4.98 Å². The zero-order chi connectivity index (χ0) is 14.4. The monoisotopic (exact) mass is 398 g/mol. The highest BCUT2D eigenvalue weighted by molar-refractivity contribution is 9.11. The van der Waals surface area contributed by atoms with Crippen LogP contribution in [0.15, 0.2) is 45.3 Å². The highest BCUT2D eigenvalue weighted by atomic mass is 79.9. The van der Waals surface area contributed by atoms with Crippen LogP contribution in [0.4, 0.5) is 0 Å². The Labute approximate surface area is 136 Å². The molecule has 2 rings (SSSR count). The zero-order valence-electron chi connectivity index (χ0n) is 11.2. The third-order valence-corrected chi connectivity index (χ3v) is 3.80. The molecule has 1 aromatic heterocycles. The number of nitrogens with zero attached hydrogens (tertiary/aromatic N) is 1. The maximum Gasteiger partial charge on any atom is 0.134 e. The van der Waals surface area contributed by atoms with Crippen molar-refractivity contribution in [2.45, 2.75) is 20.1 Å². The summed E-state index contributed by atoms with van der Waals surface area (Å²) >= 11 is 6.90. The summed E-state index contributed by atoms with van der Waals surface area (Å²) in [6.07, 6.45) is 0. The molecule has 0 saturated heterocycles. The smallest absolute Gasteiger partial charge is 0.134 e. The Morgan fingerprint density at radius 1 is 1.15 bits per heavy atom. The summed E-state index contributed by atoms with van der Waals surface area (Å²) in [6, 6.07) is 11.8. The van der Waals surface area contributed by atoms with Crippen LogP contribution < -0.4 is 10.1 Å². The minimum atomic E-state index is 0.459. The summed E-state index contributed by atoms with van der Waals surface area (Å²) < 4.78 is 7.73. The van der Waals surface area contributed by atoms with Gasteiger partial charge in [-0.2, -0.15) is 0 Å². The molecule has 106 valence electrons. The third-order valence-electron chi connectivity index (χ3n) is 2.69. The van der Waals surface area contributed by atoms with Crippen LogP contribution >= 0.6 is 31.9 Å². The maximum atomic E-state index is 5.79. The third kappa shape index (κ3) is 4.58. The van der Waals surface area contributed by atoms with Crippen LogP contribution in [0, 0.1) is 0 Å². The van der Waals surface area contributed by atoms with E-state index in [1.54, 1.807) is 0 Å². The molecule has 0 unspecified atom stereocenters. The number of hydrogen-bond donors (Lipinski definition) is 1. The number of hydrogen-bond acceptors (Lipinski definition) is 3. The van der Waals surface area contributed by atoms with Crippen molar-refractivity contribution in [1.29, 1.82) is 0 Å². The van der Waals surface area contributed by atoms with E-state index in [1.807, 2.05) is 36.4 Å². The van der Waals surface area contributed by atoms with E-state index in [0.29, 0.717) is 6.61 Å². The standard InChI is InChI=1S/C15H16Br2N2O/c1-2-18-9-12-4-3-5-13(19-12)10-20-15-7-6-11(16)8-14(15)17/h3-8,18H,2,9-10H2,1H3. The Morgan fingerprint density at radius 2 is 1.95 bits per heavy atom. The Hall–Kier alpha value is -0.910. The van der Waals surface area contributed by atoms with E-state index in [-0.39, 0.29) is 0 Å². The van der Waals surface area contributed by atoms with Crippen molar-refractivity contribution >= 4 is 31.9 Å². The lowest BCUT2D eigenvalue weighted by Crippen LogP contribution is -2.13. The molecule has 0 saturated carbocycles. The van der Waals surface area contributed by atoms with Gasteiger partial charge in [-0.25, -0.2) is 0 Å². The Balaban J connectivity index is 1.99. The average molecular weight is 400 g/mol. The molecule has 2 aromatic rings. The van der Waals surface area contributed by atoms with Gasteiger partial charge in [0.1, 0.15) is 12.4 Å².